The molecule has 0 spiro atoms. The van der Waals surface area contributed by atoms with E-state index in [1.807, 2.05) is 12.2 Å². The Morgan fingerprint density at radius 1 is 0.984 bits per heavy atom. The van der Waals surface area contributed by atoms with Gasteiger partial charge in [-0.25, -0.2) is 28.6 Å². The van der Waals surface area contributed by atoms with Gasteiger partial charge >= 0.3 is 23.5 Å². The molecule has 63 heavy (non-hydrogen) atoms. The van der Waals surface area contributed by atoms with Crippen molar-refractivity contribution in [3.63, 3.8) is 0 Å². The molecule has 2 aromatic rings. The molecule has 2 amide bonds. The largest absolute Gasteiger partial charge is 0.481 e. The number of aliphatic hydroxyl groups excluding tert-OH is 3. The number of imidazole rings is 1. The third-order valence-electron chi connectivity index (χ3n) is 8.95. The van der Waals surface area contributed by atoms with Gasteiger partial charge in [0.15, 0.2) is 22.8 Å². The second-order valence-electron chi connectivity index (χ2n) is 14.6. The van der Waals surface area contributed by atoms with Crippen LogP contribution in [0.3, 0.4) is 0 Å². The van der Waals surface area contributed by atoms with Crippen LogP contribution in [0.1, 0.15) is 71.9 Å². The van der Waals surface area contributed by atoms with E-state index in [4.69, 9.17) is 19.5 Å². The van der Waals surface area contributed by atoms with E-state index in [9.17, 15) is 63.0 Å². The Bertz CT molecular complexity index is 2040. The average molecular weight is 976 g/mol. The van der Waals surface area contributed by atoms with Gasteiger partial charge in [-0.15, -0.1) is 0 Å². The molecule has 1 saturated heterocycles. The van der Waals surface area contributed by atoms with E-state index in [1.54, 1.807) is 0 Å². The van der Waals surface area contributed by atoms with Gasteiger partial charge < -0.3 is 56.0 Å². The first-order chi connectivity index (χ1) is 29.4. The number of nitrogens with two attached hydrogens (primary N) is 1. The number of phosphoric ester groups is 3. The van der Waals surface area contributed by atoms with Crippen LogP contribution in [0.2, 0.25) is 0 Å². The summed E-state index contributed by atoms with van der Waals surface area (Å²) in [5.41, 5.74) is 4.24. The molecule has 0 aromatic carbocycles. The second kappa shape index (κ2) is 25.1. The quantitative estimate of drug-likeness (QED) is 0.0328. The highest BCUT2D eigenvalue weighted by molar-refractivity contribution is 8.13. The normalized spacial score (nSPS) is 21.4. The lowest BCUT2D eigenvalue weighted by atomic mass is 9.87. The van der Waals surface area contributed by atoms with Gasteiger partial charge in [0.05, 0.1) is 25.6 Å². The minimum Gasteiger partial charge on any atom is -0.393 e. The monoisotopic (exact) mass is 975 g/mol. The Morgan fingerprint density at radius 2 is 1.68 bits per heavy atom. The molecule has 11 N–H and O–H groups in total. The number of allylic oxidation sites excluding steroid dienone is 4. The molecule has 1 aliphatic heterocycles. The van der Waals surface area contributed by atoms with Gasteiger partial charge in [0, 0.05) is 37.1 Å². The molecule has 8 atom stereocenters. The number of phosphoric acid groups is 3. The van der Waals surface area contributed by atoms with Crippen molar-refractivity contribution < 1.29 is 85.6 Å². The van der Waals surface area contributed by atoms with Crippen LogP contribution in [0.5, 0.6) is 0 Å². The second-order valence-corrected chi connectivity index (χ2v) is 20.0. The van der Waals surface area contributed by atoms with Crippen molar-refractivity contribution in [3.05, 3.63) is 37.0 Å². The highest BCUT2D eigenvalue weighted by Crippen LogP contribution is 2.61. The molecule has 3 heterocycles. The number of carbonyl (C=O) groups excluding carboxylic acids is 3. The number of aliphatic hydroxyl groups is 3. The predicted octanol–water partition coefficient (Wildman–Crippen LogP) is 1.50. The Kier molecular flexibility index (Phi) is 21.6. The predicted molar refractivity (Wildman–Crippen MR) is 225 cm³/mol. The molecule has 0 bridgehead atoms. The van der Waals surface area contributed by atoms with E-state index < -0.39 is 90.7 Å². The number of amides is 2. The number of nitrogens with zero attached hydrogens (tertiary/aromatic N) is 4. The van der Waals surface area contributed by atoms with Gasteiger partial charge in [-0.05, 0) is 32.1 Å². The summed E-state index contributed by atoms with van der Waals surface area (Å²) in [4.78, 5) is 88.1. The lowest BCUT2D eigenvalue weighted by Crippen LogP contribution is -2.46. The summed E-state index contributed by atoms with van der Waals surface area (Å²) in [5.74, 6) is -1.21. The number of ether oxygens (including phenoxy) is 1. The van der Waals surface area contributed by atoms with E-state index in [1.165, 1.54) is 13.8 Å². The number of carbonyl (C=O) groups is 3. The van der Waals surface area contributed by atoms with E-state index in [-0.39, 0.29) is 53.8 Å². The van der Waals surface area contributed by atoms with E-state index in [0.29, 0.717) is 19.3 Å². The SMILES string of the molecule is CC/C=C/C/C=C/CCC(O)CCC(=O)SCCNC(=O)CCNC(=O)C(O)C(C)(C)COP(=O)(O)OP(=O)(O)OCC1OC(n2cnc3c(N)ncnc32)C(O)C1OP(=O)(O)O. The summed E-state index contributed by atoms with van der Waals surface area (Å²) in [6.07, 6.45) is 4.17. The molecule has 356 valence electrons. The molecule has 0 saturated carbocycles. The minimum atomic E-state index is -5.58. The molecule has 1 fully saturated rings. The van der Waals surface area contributed by atoms with E-state index in [0.717, 1.165) is 41.8 Å². The number of fused-ring (bicyclic) bond motifs is 1. The van der Waals surface area contributed by atoms with Crippen LogP contribution < -0.4 is 16.4 Å². The zero-order chi connectivity index (χ0) is 47.0. The van der Waals surface area contributed by atoms with E-state index in [2.05, 4.69) is 53.5 Å². The molecule has 3 rings (SSSR count). The van der Waals surface area contributed by atoms with Crippen LogP contribution in [0.4, 0.5) is 5.82 Å². The molecular weight excluding hydrogens is 919 g/mol. The zero-order valence-corrected chi connectivity index (χ0v) is 38.2. The van der Waals surface area contributed by atoms with Crippen molar-refractivity contribution in [1.82, 2.24) is 30.2 Å². The molecule has 29 heteroatoms. The first-order valence-corrected chi connectivity index (χ1v) is 25.0. The highest BCUT2D eigenvalue weighted by atomic mass is 32.2. The summed E-state index contributed by atoms with van der Waals surface area (Å²) in [5, 5.41) is 36.4. The number of nitrogens with one attached hydrogen (secondary N) is 2. The maximum Gasteiger partial charge on any atom is 0.481 e. The number of rotatable bonds is 28. The Morgan fingerprint density at radius 3 is 2.38 bits per heavy atom. The lowest BCUT2D eigenvalue weighted by Gasteiger charge is -2.30. The Labute approximate surface area is 366 Å². The van der Waals surface area contributed by atoms with Crippen molar-refractivity contribution in [1.29, 1.82) is 0 Å². The molecule has 0 radical (unpaired) electrons. The minimum absolute atomic E-state index is 0.0261. The lowest BCUT2D eigenvalue weighted by molar-refractivity contribution is -0.137. The standard InChI is InChI=1S/C34H56N7O18P3S/c1-4-5-6-7-8-9-10-11-22(42)12-13-25(44)63-17-16-36-24(43)14-15-37-32(47)29(46)34(2,3)19-56-62(53,54)59-61(51,52)55-18-23-28(58-60(48,49)50)27(45)33(57-23)41-21-40-26-30(35)38-20-39-31(26)41/h5-6,8-9,20-23,27-29,33,42,45-46H,4,7,10-19H2,1-3H3,(H,36,43)(H,37,47)(H,51,52)(H,53,54)(H2,35,38,39)(H2,48,49,50)/b6-5+,9-8+. The number of anilines is 1. The van der Waals surface area contributed by atoms with Gasteiger partial charge in [0.25, 0.3) is 0 Å². The fraction of sp³-hybridized carbons (Fsp3) is 0.647. The van der Waals surface area contributed by atoms with Crippen molar-refractivity contribution >= 4 is 69.1 Å². The van der Waals surface area contributed by atoms with Crippen LogP contribution in [0.15, 0.2) is 37.0 Å². The maximum atomic E-state index is 12.7. The average Bonchev–Trinajstić information content (AvgIpc) is 3.76. The number of thioether (sulfide) groups is 1. The fourth-order valence-corrected chi connectivity index (χ4v) is 9.16. The van der Waals surface area contributed by atoms with E-state index >= 15 is 0 Å². The number of hydrogen-bond donors (Lipinski definition) is 10. The smallest absolute Gasteiger partial charge is 0.393 e. The molecule has 8 unspecified atom stereocenters. The maximum absolute atomic E-state index is 12.7. The zero-order valence-electron chi connectivity index (χ0n) is 34.7. The molecule has 0 aliphatic carbocycles. The number of aromatic nitrogens is 4. The molecule has 1 aliphatic rings. The first kappa shape index (κ1) is 54.3. The molecule has 2 aromatic heterocycles. The van der Waals surface area contributed by atoms with Gasteiger partial charge in [0.2, 0.25) is 11.8 Å². The summed E-state index contributed by atoms with van der Waals surface area (Å²) >= 11 is 1.02. The van der Waals surface area contributed by atoms with Gasteiger partial charge in [-0.3, -0.25) is 32.5 Å². The number of hydrogen-bond acceptors (Lipinski definition) is 19. The van der Waals surface area contributed by atoms with Crippen molar-refractivity contribution in [2.45, 2.75) is 102 Å². The summed E-state index contributed by atoms with van der Waals surface area (Å²) < 4.78 is 62.3. The van der Waals surface area contributed by atoms with Crippen LogP contribution in [-0.4, -0.2) is 134 Å². The fourth-order valence-electron chi connectivity index (χ4n) is 5.64. The van der Waals surface area contributed by atoms with Crippen LogP contribution in [-0.2, 0) is 50.7 Å². The topological polar surface area (TPSA) is 384 Å². The highest BCUT2D eigenvalue weighted by Gasteiger charge is 2.50. The van der Waals surface area contributed by atoms with Crippen LogP contribution >= 0.6 is 35.2 Å². The van der Waals surface area contributed by atoms with Crippen LogP contribution in [0.25, 0.3) is 11.2 Å². The summed E-state index contributed by atoms with van der Waals surface area (Å²) in [7, 11) is -16.4. The van der Waals surface area contributed by atoms with Gasteiger partial charge in [0.1, 0.15) is 36.3 Å². The summed E-state index contributed by atoms with van der Waals surface area (Å²) in [6, 6.07) is 0. The van der Waals surface area contributed by atoms with Crippen molar-refractivity contribution in [2.75, 3.05) is 37.8 Å². The van der Waals surface area contributed by atoms with Crippen molar-refractivity contribution in [2.24, 2.45) is 5.41 Å². The molecule has 25 nitrogen and oxygen atoms in total. The first-order valence-electron chi connectivity index (χ1n) is 19.5. The summed E-state index contributed by atoms with van der Waals surface area (Å²) in [6.45, 7) is 2.45. The van der Waals surface area contributed by atoms with Crippen LogP contribution in [0, 0.1) is 5.41 Å². The third kappa shape index (κ3) is 18.8. The number of nitrogen functional groups attached to an aromatic ring is 1. The Hall–Kier alpha value is -3.00. The van der Waals surface area contributed by atoms with Crippen molar-refractivity contribution in [3.8, 4) is 0 Å². The molecular formula is C34H56N7O18P3S. The Balaban J connectivity index is 1.38. The third-order valence-corrected chi connectivity index (χ3v) is 13.0. The van der Waals surface area contributed by atoms with Gasteiger partial charge in [-0.2, -0.15) is 4.31 Å². The van der Waals surface area contributed by atoms with Gasteiger partial charge in [-0.1, -0.05) is 56.8 Å².